The average Bonchev–Trinajstić information content (AvgIpc) is 3.74. The molecular formula is C36H37ClF5N3O6S. The van der Waals surface area contributed by atoms with E-state index in [1.807, 2.05) is 0 Å². The van der Waals surface area contributed by atoms with Crippen LogP contribution in [-0.2, 0) is 30.4 Å². The Labute approximate surface area is 303 Å². The predicted octanol–water partition coefficient (Wildman–Crippen LogP) is 6.82. The van der Waals surface area contributed by atoms with E-state index in [0.29, 0.717) is 41.8 Å². The number of nitrogens with one attached hydrogen (secondary N) is 1. The number of benzene rings is 3. The number of rotatable bonds is 11. The summed E-state index contributed by atoms with van der Waals surface area (Å²) in [5, 5.41) is 3.57. The highest BCUT2D eigenvalue weighted by atomic mass is 35.5. The van der Waals surface area contributed by atoms with Crippen molar-refractivity contribution >= 4 is 33.5 Å². The molecule has 52 heavy (non-hydrogen) atoms. The van der Waals surface area contributed by atoms with Gasteiger partial charge < -0.3 is 19.8 Å². The molecule has 0 radical (unpaired) electrons. The van der Waals surface area contributed by atoms with Gasteiger partial charge in [-0.3, -0.25) is 4.79 Å². The van der Waals surface area contributed by atoms with E-state index in [4.69, 9.17) is 16.3 Å². The number of alkyl halides is 5. The lowest BCUT2D eigenvalue weighted by Crippen LogP contribution is -2.59. The first kappa shape index (κ1) is 38.0. The zero-order valence-electron chi connectivity index (χ0n) is 27.8. The lowest BCUT2D eigenvalue weighted by molar-refractivity contribution is -0.239. The molecule has 1 N–H and O–H groups in total. The molecule has 3 atom stereocenters. The highest BCUT2D eigenvalue weighted by Crippen LogP contribution is 2.41. The number of fused-ring (bicyclic) bond motifs is 1. The van der Waals surface area contributed by atoms with Gasteiger partial charge in [0.25, 0.3) is 15.9 Å². The Morgan fingerprint density at radius 1 is 0.846 bits per heavy atom. The summed E-state index contributed by atoms with van der Waals surface area (Å²) < 4.78 is 108. The van der Waals surface area contributed by atoms with Gasteiger partial charge in [0.05, 0.1) is 11.5 Å². The second-order valence-corrected chi connectivity index (χ2v) is 15.7. The van der Waals surface area contributed by atoms with Crippen LogP contribution in [0.1, 0.15) is 37.7 Å². The van der Waals surface area contributed by atoms with E-state index >= 15 is 8.78 Å². The summed E-state index contributed by atoms with van der Waals surface area (Å²) in [5.74, 6) is -8.91. The number of carbonyl (C=O) groups excluding carboxylic acids is 2. The number of amides is 1. The van der Waals surface area contributed by atoms with Gasteiger partial charge >= 0.3 is 18.1 Å². The van der Waals surface area contributed by atoms with E-state index in [0.717, 1.165) is 61.3 Å². The molecule has 2 heterocycles. The van der Waals surface area contributed by atoms with Crippen LogP contribution in [0.5, 0.6) is 5.75 Å². The Morgan fingerprint density at radius 2 is 1.40 bits per heavy atom. The number of nitrogens with zero attached hydrogens (tertiary/aromatic N) is 2. The van der Waals surface area contributed by atoms with E-state index < -0.39 is 55.0 Å². The van der Waals surface area contributed by atoms with E-state index in [2.05, 4.69) is 10.2 Å². The molecule has 3 fully saturated rings. The third kappa shape index (κ3) is 8.22. The standard InChI is InChI=1S/C36H37ClF5N3O6S/c37-29-12-8-25(9-13-29)24-6-10-28(11-7-24)35(38,39)32(33(46)44-20-26-18-43-19-27(26)21-44)45(51-34(47)36(40,41)42)52(48,49)31-16-14-30(15-17-31)50-22-23-4-2-1-3-5-23/h6-17,23,26-27,32,43H,1-5,18-22H2/t26-,27+,32-/m1/s1. The number of carbonyl (C=O) groups is 2. The predicted molar refractivity (Wildman–Crippen MR) is 181 cm³/mol. The van der Waals surface area contributed by atoms with Crippen molar-refractivity contribution in [3.05, 3.63) is 83.4 Å². The van der Waals surface area contributed by atoms with Crippen molar-refractivity contribution < 1.29 is 49.5 Å². The van der Waals surface area contributed by atoms with E-state index in [-0.39, 0.29) is 30.7 Å². The average molecular weight is 770 g/mol. The monoisotopic (exact) mass is 769 g/mol. The highest BCUT2D eigenvalue weighted by molar-refractivity contribution is 7.89. The van der Waals surface area contributed by atoms with Gasteiger partial charge in [-0.15, -0.1) is 0 Å². The van der Waals surface area contributed by atoms with Gasteiger partial charge in [0, 0.05) is 36.8 Å². The van der Waals surface area contributed by atoms with Crippen LogP contribution in [0.2, 0.25) is 5.02 Å². The molecule has 3 aliphatic rings. The minimum absolute atomic E-state index is 0.0628. The zero-order valence-corrected chi connectivity index (χ0v) is 29.4. The highest BCUT2D eigenvalue weighted by Gasteiger charge is 2.59. The van der Waals surface area contributed by atoms with Gasteiger partial charge in [-0.05, 0) is 82.6 Å². The Hall–Kier alpha value is -3.79. The van der Waals surface area contributed by atoms with E-state index in [1.54, 1.807) is 24.3 Å². The Kier molecular flexibility index (Phi) is 11.2. The molecule has 6 rings (SSSR count). The quantitative estimate of drug-likeness (QED) is 0.169. The van der Waals surface area contributed by atoms with Crippen LogP contribution in [-0.4, -0.2) is 74.7 Å². The molecule has 16 heteroatoms. The van der Waals surface area contributed by atoms with Crippen LogP contribution >= 0.6 is 11.6 Å². The molecule has 9 nitrogen and oxygen atoms in total. The van der Waals surface area contributed by atoms with Gasteiger partial charge in [0.1, 0.15) is 5.75 Å². The van der Waals surface area contributed by atoms with Gasteiger partial charge in [-0.25, -0.2) is 13.2 Å². The molecule has 1 amide bonds. The van der Waals surface area contributed by atoms with E-state index in [9.17, 15) is 31.2 Å². The van der Waals surface area contributed by atoms with Gasteiger partial charge in [0.15, 0.2) is 0 Å². The summed E-state index contributed by atoms with van der Waals surface area (Å²) in [5.41, 5.74) is 0.149. The molecule has 0 bridgehead atoms. The molecule has 3 aromatic carbocycles. The number of hydrogen-bond donors (Lipinski definition) is 1. The molecule has 2 saturated heterocycles. The fraction of sp³-hybridized carbons (Fsp3) is 0.444. The van der Waals surface area contributed by atoms with Crippen molar-refractivity contribution in [1.82, 2.24) is 14.7 Å². The molecule has 1 aliphatic carbocycles. The number of sulfonamides is 1. The third-order valence-corrected chi connectivity index (χ3v) is 11.8. The molecule has 2 aliphatic heterocycles. The fourth-order valence-corrected chi connectivity index (χ4v) is 8.50. The van der Waals surface area contributed by atoms with Crippen molar-refractivity contribution in [3.63, 3.8) is 0 Å². The van der Waals surface area contributed by atoms with Crippen LogP contribution in [0.25, 0.3) is 11.1 Å². The summed E-state index contributed by atoms with van der Waals surface area (Å²) in [6, 6.07) is 11.9. The maximum atomic E-state index is 16.9. The Bertz CT molecular complexity index is 1830. The van der Waals surface area contributed by atoms with Crippen molar-refractivity contribution in [3.8, 4) is 16.9 Å². The first-order valence-corrected chi connectivity index (χ1v) is 18.8. The van der Waals surface area contributed by atoms with Crippen LogP contribution < -0.4 is 10.1 Å². The summed E-state index contributed by atoms with van der Waals surface area (Å²) in [7, 11) is -5.57. The first-order valence-electron chi connectivity index (χ1n) is 16.9. The summed E-state index contributed by atoms with van der Waals surface area (Å²) in [6.45, 7) is 1.15. The number of likely N-dealkylation sites (tertiary alicyclic amines) is 1. The van der Waals surface area contributed by atoms with Crippen LogP contribution in [0.15, 0.2) is 77.7 Å². The number of hydroxylamine groups is 1. The molecule has 0 spiro atoms. The summed E-state index contributed by atoms with van der Waals surface area (Å²) in [6.07, 6.45) is -0.617. The lowest BCUT2D eigenvalue weighted by Gasteiger charge is -2.35. The Morgan fingerprint density at radius 3 is 1.96 bits per heavy atom. The number of halogens is 6. The largest absolute Gasteiger partial charge is 0.493 e. The molecule has 280 valence electrons. The normalized spacial score (nSPS) is 20.5. The van der Waals surface area contributed by atoms with E-state index in [1.165, 1.54) is 24.3 Å². The maximum absolute atomic E-state index is 16.9. The molecule has 0 unspecified atom stereocenters. The second-order valence-electron chi connectivity index (χ2n) is 13.5. The first-order chi connectivity index (χ1) is 24.6. The molecular weight excluding hydrogens is 733 g/mol. The lowest BCUT2D eigenvalue weighted by atomic mass is 9.90. The minimum Gasteiger partial charge on any atom is -0.493 e. The van der Waals surface area contributed by atoms with Crippen molar-refractivity contribution in [2.75, 3.05) is 32.8 Å². The smallest absolute Gasteiger partial charge is 0.492 e. The van der Waals surface area contributed by atoms with Gasteiger partial charge in [0.2, 0.25) is 6.04 Å². The van der Waals surface area contributed by atoms with Gasteiger partial charge in [-0.2, -0.15) is 22.0 Å². The summed E-state index contributed by atoms with van der Waals surface area (Å²) >= 11 is 5.95. The third-order valence-electron chi connectivity index (χ3n) is 9.91. The van der Waals surface area contributed by atoms with Crippen molar-refractivity contribution in [1.29, 1.82) is 0 Å². The number of ether oxygens (including phenoxy) is 1. The van der Waals surface area contributed by atoms with Gasteiger partial charge in [-0.1, -0.05) is 67.3 Å². The molecule has 3 aromatic rings. The minimum atomic E-state index is -5.80. The summed E-state index contributed by atoms with van der Waals surface area (Å²) in [4.78, 5) is 31.0. The van der Waals surface area contributed by atoms with Crippen molar-refractivity contribution in [2.24, 2.45) is 17.8 Å². The fourth-order valence-electron chi connectivity index (χ4n) is 7.02. The zero-order chi connectivity index (χ0) is 37.3. The van der Waals surface area contributed by atoms with Crippen LogP contribution in [0.3, 0.4) is 0 Å². The maximum Gasteiger partial charge on any atom is 0.492 e. The Balaban J connectivity index is 1.38. The second kappa shape index (κ2) is 15.3. The van der Waals surface area contributed by atoms with Crippen LogP contribution in [0, 0.1) is 17.8 Å². The molecule has 0 aromatic heterocycles. The number of hydrogen-bond acceptors (Lipinski definition) is 7. The van der Waals surface area contributed by atoms with Crippen LogP contribution in [0.4, 0.5) is 22.0 Å². The topological polar surface area (TPSA) is 105 Å². The SMILES string of the molecule is O=C([C@@H](N(OC(=O)C(F)(F)F)S(=O)(=O)c1ccc(OCC2CCCCC2)cc1)C(F)(F)c1ccc(-c2ccc(Cl)cc2)cc1)N1C[C@H]2CNC[C@H]2C1. The molecule has 1 saturated carbocycles. The van der Waals surface area contributed by atoms with Crippen molar-refractivity contribution in [2.45, 2.75) is 55.1 Å².